The van der Waals surface area contributed by atoms with E-state index in [9.17, 15) is 4.79 Å². The van der Waals surface area contributed by atoms with Crippen LogP contribution < -0.4 is 5.32 Å². The summed E-state index contributed by atoms with van der Waals surface area (Å²) < 4.78 is 4.93. The number of aliphatic hydroxyl groups excluding tert-OH is 1. The third-order valence-electron chi connectivity index (χ3n) is 2.94. The first kappa shape index (κ1) is 17.4. The molecule has 0 aromatic heterocycles. The highest BCUT2D eigenvalue weighted by Gasteiger charge is 2.19. The van der Waals surface area contributed by atoms with Crippen molar-refractivity contribution in [3.8, 4) is 0 Å². The minimum atomic E-state index is -0.189. The summed E-state index contributed by atoms with van der Waals surface area (Å²) in [4.78, 5) is 13.9. The van der Waals surface area contributed by atoms with Crippen LogP contribution in [-0.4, -0.2) is 61.9 Å². The molecule has 1 amide bonds. The van der Waals surface area contributed by atoms with Crippen LogP contribution in [0.4, 0.5) is 0 Å². The fourth-order valence-corrected chi connectivity index (χ4v) is 1.73. The third kappa shape index (κ3) is 7.63. The van der Waals surface area contributed by atoms with Crippen LogP contribution in [0, 0.1) is 0 Å². The second-order valence-corrected chi connectivity index (χ2v) is 4.43. The summed E-state index contributed by atoms with van der Waals surface area (Å²) in [5.41, 5.74) is 0. The van der Waals surface area contributed by atoms with Crippen molar-refractivity contribution in [2.24, 2.45) is 0 Å². The quantitative estimate of drug-likeness (QED) is 0.535. The number of nitrogens with one attached hydrogen (secondary N) is 1. The van der Waals surface area contributed by atoms with E-state index in [1.54, 1.807) is 7.11 Å². The van der Waals surface area contributed by atoms with Crippen molar-refractivity contribution < 1.29 is 14.6 Å². The van der Waals surface area contributed by atoms with E-state index in [0.717, 1.165) is 25.8 Å². The molecule has 0 radical (unpaired) electrons. The maximum atomic E-state index is 11.9. The van der Waals surface area contributed by atoms with Crippen molar-refractivity contribution in [1.29, 1.82) is 0 Å². The molecule has 0 fully saturated rings. The standard InChI is InChI=1S/C13H28N2O3/c1-4-5-8-15(9-10-16)12(2)13(17)14-7-6-11-18-3/h12,16H,4-11H2,1-3H3,(H,14,17). The highest BCUT2D eigenvalue weighted by atomic mass is 16.5. The lowest BCUT2D eigenvalue weighted by Gasteiger charge is -2.27. The van der Waals surface area contributed by atoms with Gasteiger partial charge in [0.2, 0.25) is 5.91 Å². The Balaban J connectivity index is 4.02. The van der Waals surface area contributed by atoms with Crippen LogP contribution in [0.3, 0.4) is 0 Å². The number of unbranched alkanes of at least 4 members (excludes halogenated alkanes) is 1. The largest absolute Gasteiger partial charge is 0.395 e. The summed E-state index contributed by atoms with van der Waals surface area (Å²) in [5.74, 6) is 0.0238. The summed E-state index contributed by atoms with van der Waals surface area (Å²) >= 11 is 0. The van der Waals surface area contributed by atoms with Gasteiger partial charge in [-0.1, -0.05) is 13.3 Å². The molecule has 2 N–H and O–H groups in total. The highest BCUT2D eigenvalue weighted by molar-refractivity contribution is 5.81. The monoisotopic (exact) mass is 260 g/mol. The summed E-state index contributed by atoms with van der Waals surface area (Å²) in [5, 5.41) is 11.9. The summed E-state index contributed by atoms with van der Waals surface area (Å²) in [6.45, 7) is 6.79. The number of hydrogen-bond acceptors (Lipinski definition) is 4. The number of nitrogens with zero attached hydrogens (tertiary/aromatic N) is 1. The van der Waals surface area contributed by atoms with E-state index in [-0.39, 0.29) is 18.6 Å². The van der Waals surface area contributed by atoms with Gasteiger partial charge in [-0.25, -0.2) is 0 Å². The molecule has 108 valence electrons. The van der Waals surface area contributed by atoms with Gasteiger partial charge in [-0.15, -0.1) is 0 Å². The van der Waals surface area contributed by atoms with Crippen LogP contribution in [0.5, 0.6) is 0 Å². The molecule has 0 rings (SSSR count). The van der Waals surface area contributed by atoms with Gasteiger partial charge in [0.25, 0.3) is 0 Å². The fourth-order valence-electron chi connectivity index (χ4n) is 1.73. The number of carbonyl (C=O) groups excluding carboxylic acids is 1. The number of ether oxygens (including phenoxy) is 1. The molecule has 1 unspecified atom stereocenters. The van der Waals surface area contributed by atoms with Crippen LogP contribution in [0.2, 0.25) is 0 Å². The third-order valence-corrected chi connectivity index (χ3v) is 2.94. The molecule has 0 aliphatic rings. The molecule has 0 aromatic rings. The second-order valence-electron chi connectivity index (χ2n) is 4.43. The van der Waals surface area contributed by atoms with E-state index in [1.807, 2.05) is 11.8 Å². The molecule has 0 saturated heterocycles. The molecule has 0 bridgehead atoms. The molecule has 0 aliphatic heterocycles. The maximum absolute atomic E-state index is 11.9. The fraction of sp³-hybridized carbons (Fsp3) is 0.923. The van der Waals surface area contributed by atoms with Gasteiger partial charge in [0.15, 0.2) is 0 Å². The van der Waals surface area contributed by atoms with Crippen molar-refractivity contribution in [3.63, 3.8) is 0 Å². The molecule has 0 heterocycles. The van der Waals surface area contributed by atoms with Crippen molar-refractivity contribution in [3.05, 3.63) is 0 Å². The van der Waals surface area contributed by atoms with Crippen LogP contribution >= 0.6 is 0 Å². The normalized spacial score (nSPS) is 12.7. The lowest BCUT2D eigenvalue weighted by atomic mass is 10.2. The smallest absolute Gasteiger partial charge is 0.237 e. The lowest BCUT2D eigenvalue weighted by molar-refractivity contribution is -0.126. The first-order valence-corrected chi connectivity index (χ1v) is 6.78. The van der Waals surface area contributed by atoms with Gasteiger partial charge in [0.1, 0.15) is 0 Å². The highest BCUT2D eigenvalue weighted by Crippen LogP contribution is 2.02. The molecule has 0 aliphatic carbocycles. The Labute approximate surface area is 110 Å². The summed E-state index contributed by atoms with van der Waals surface area (Å²) in [7, 11) is 1.65. The Bertz CT molecular complexity index is 212. The minimum Gasteiger partial charge on any atom is -0.395 e. The van der Waals surface area contributed by atoms with Crippen molar-refractivity contribution in [2.75, 3.05) is 40.0 Å². The van der Waals surface area contributed by atoms with Crippen LogP contribution in [0.25, 0.3) is 0 Å². The molecule has 0 saturated carbocycles. The molecule has 0 aromatic carbocycles. The van der Waals surface area contributed by atoms with Gasteiger partial charge in [0, 0.05) is 26.8 Å². The number of hydrogen-bond donors (Lipinski definition) is 2. The van der Waals surface area contributed by atoms with Gasteiger partial charge < -0.3 is 15.2 Å². The molecular formula is C13H28N2O3. The van der Waals surface area contributed by atoms with Gasteiger partial charge in [0.05, 0.1) is 12.6 Å². The van der Waals surface area contributed by atoms with E-state index in [1.165, 1.54) is 0 Å². The SMILES string of the molecule is CCCCN(CCO)C(C)C(=O)NCCCOC. The Hall–Kier alpha value is -0.650. The van der Waals surface area contributed by atoms with Crippen LogP contribution in [0.1, 0.15) is 33.1 Å². The van der Waals surface area contributed by atoms with E-state index in [2.05, 4.69) is 12.2 Å². The van der Waals surface area contributed by atoms with E-state index in [0.29, 0.717) is 19.7 Å². The number of methoxy groups -OCH3 is 1. The lowest BCUT2D eigenvalue weighted by Crippen LogP contribution is -2.46. The van der Waals surface area contributed by atoms with Gasteiger partial charge in [-0.3, -0.25) is 9.69 Å². The van der Waals surface area contributed by atoms with Crippen molar-refractivity contribution in [1.82, 2.24) is 10.2 Å². The van der Waals surface area contributed by atoms with Gasteiger partial charge >= 0.3 is 0 Å². The molecule has 5 heteroatoms. The Morgan fingerprint density at radius 3 is 2.67 bits per heavy atom. The Morgan fingerprint density at radius 2 is 2.11 bits per heavy atom. The first-order valence-electron chi connectivity index (χ1n) is 6.78. The van der Waals surface area contributed by atoms with Crippen molar-refractivity contribution >= 4 is 5.91 Å². The van der Waals surface area contributed by atoms with E-state index in [4.69, 9.17) is 9.84 Å². The zero-order chi connectivity index (χ0) is 13.8. The van der Waals surface area contributed by atoms with Gasteiger partial charge in [-0.2, -0.15) is 0 Å². The number of aliphatic hydroxyl groups is 1. The first-order chi connectivity index (χ1) is 8.67. The predicted octanol–water partition coefficient (Wildman–Crippen LogP) is 0.622. The zero-order valence-corrected chi connectivity index (χ0v) is 11.9. The Morgan fingerprint density at radius 1 is 1.39 bits per heavy atom. The van der Waals surface area contributed by atoms with Crippen LogP contribution in [0.15, 0.2) is 0 Å². The predicted molar refractivity (Wildman–Crippen MR) is 72.5 cm³/mol. The average Bonchev–Trinajstić information content (AvgIpc) is 2.38. The summed E-state index contributed by atoms with van der Waals surface area (Å²) in [6.07, 6.45) is 2.95. The number of rotatable bonds is 11. The second kappa shape index (κ2) is 11.4. The zero-order valence-electron chi connectivity index (χ0n) is 11.9. The molecule has 1 atom stereocenters. The number of amides is 1. The van der Waals surface area contributed by atoms with E-state index < -0.39 is 0 Å². The van der Waals surface area contributed by atoms with Crippen LogP contribution in [-0.2, 0) is 9.53 Å². The topological polar surface area (TPSA) is 61.8 Å². The Kier molecular flexibility index (Phi) is 11.0. The molecule has 0 spiro atoms. The maximum Gasteiger partial charge on any atom is 0.237 e. The van der Waals surface area contributed by atoms with Gasteiger partial charge in [-0.05, 0) is 26.3 Å². The number of carbonyl (C=O) groups is 1. The molecular weight excluding hydrogens is 232 g/mol. The van der Waals surface area contributed by atoms with Crippen molar-refractivity contribution in [2.45, 2.75) is 39.2 Å². The minimum absolute atomic E-state index is 0.0238. The molecule has 18 heavy (non-hydrogen) atoms. The summed E-state index contributed by atoms with van der Waals surface area (Å²) in [6, 6.07) is -0.189. The molecule has 5 nitrogen and oxygen atoms in total. The average molecular weight is 260 g/mol. The van der Waals surface area contributed by atoms with E-state index >= 15 is 0 Å².